The Morgan fingerprint density at radius 2 is 1.94 bits per heavy atom. The molecular formula is C23H27N5O5S2. The number of sulfonamides is 1. The normalized spacial score (nSPS) is 19.1. The fourth-order valence-corrected chi connectivity index (χ4v) is 6.90. The Bertz CT molecular complexity index is 1370. The molecule has 1 aromatic heterocycles. The predicted molar refractivity (Wildman–Crippen MR) is 133 cm³/mol. The van der Waals surface area contributed by atoms with Gasteiger partial charge in [-0.15, -0.1) is 0 Å². The third kappa shape index (κ3) is 4.91. The fourth-order valence-electron chi connectivity index (χ4n) is 4.35. The first kappa shape index (κ1) is 25.1. The zero-order chi connectivity index (χ0) is 25.5. The van der Waals surface area contributed by atoms with E-state index in [1.165, 1.54) is 28.2 Å². The number of nitrogens with one attached hydrogen (secondary N) is 1. The van der Waals surface area contributed by atoms with E-state index >= 15 is 0 Å². The van der Waals surface area contributed by atoms with E-state index in [-0.39, 0.29) is 40.7 Å². The topological polar surface area (TPSA) is 130 Å². The minimum Gasteiger partial charge on any atom is -0.333 e. The molecule has 35 heavy (non-hydrogen) atoms. The number of hydrogen-bond acceptors (Lipinski definition) is 7. The molecule has 2 aromatic carbocycles. The van der Waals surface area contributed by atoms with Gasteiger partial charge in [0.05, 0.1) is 26.6 Å². The van der Waals surface area contributed by atoms with Gasteiger partial charge in [-0.1, -0.05) is 43.3 Å². The molecule has 1 N–H and O–H groups in total. The molecule has 0 bridgehead atoms. The molecule has 1 aliphatic heterocycles. The largest absolute Gasteiger partial charge is 0.333 e. The summed E-state index contributed by atoms with van der Waals surface area (Å²) in [5, 5.41) is 11.5. The number of aromatic nitrogens is 2. The zero-order valence-corrected chi connectivity index (χ0v) is 21.5. The smallest absolute Gasteiger partial charge is 0.271 e. The maximum Gasteiger partial charge on any atom is 0.271 e. The second kappa shape index (κ2) is 9.59. The molecule has 2 unspecified atom stereocenters. The molecule has 12 heteroatoms. The van der Waals surface area contributed by atoms with Crippen LogP contribution in [0.1, 0.15) is 26.3 Å². The summed E-state index contributed by atoms with van der Waals surface area (Å²) < 4.78 is 28.3. The van der Waals surface area contributed by atoms with E-state index in [2.05, 4.69) is 9.97 Å². The van der Waals surface area contributed by atoms with Crippen molar-refractivity contribution in [1.82, 2.24) is 19.2 Å². The predicted octanol–water partition coefficient (Wildman–Crippen LogP) is 3.78. The van der Waals surface area contributed by atoms with Crippen molar-refractivity contribution in [2.24, 2.45) is 5.92 Å². The van der Waals surface area contributed by atoms with Crippen LogP contribution >= 0.6 is 11.8 Å². The second-order valence-corrected chi connectivity index (χ2v) is 11.8. The fraction of sp³-hybridized carbons (Fsp3) is 0.391. The minimum atomic E-state index is -3.79. The van der Waals surface area contributed by atoms with Crippen molar-refractivity contribution in [1.29, 1.82) is 0 Å². The van der Waals surface area contributed by atoms with Gasteiger partial charge in [-0.25, -0.2) is 13.4 Å². The summed E-state index contributed by atoms with van der Waals surface area (Å²) in [6.07, 6.45) is -0.609. The maximum atomic E-state index is 13.4. The third-order valence-electron chi connectivity index (χ3n) is 6.00. The highest BCUT2D eigenvalue weighted by Crippen LogP contribution is 2.33. The van der Waals surface area contributed by atoms with Crippen molar-refractivity contribution in [3.63, 3.8) is 0 Å². The quantitative estimate of drug-likeness (QED) is 0.287. The number of benzene rings is 2. The summed E-state index contributed by atoms with van der Waals surface area (Å²) in [6.45, 7) is 7.76. The number of imidazole rings is 1. The number of fused-ring (bicyclic) bond motifs is 1. The summed E-state index contributed by atoms with van der Waals surface area (Å²) in [4.78, 5) is 33.1. The number of hydrogen-bond donors (Lipinski definition) is 1. The van der Waals surface area contributed by atoms with Crippen molar-refractivity contribution in [3.8, 4) is 0 Å². The molecule has 186 valence electrons. The Balaban J connectivity index is 1.53. The lowest BCUT2D eigenvalue weighted by molar-refractivity contribution is -0.384. The number of H-pyrrole nitrogens is 1. The highest BCUT2D eigenvalue weighted by atomic mass is 32.2. The van der Waals surface area contributed by atoms with Gasteiger partial charge < -0.3 is 9.88 Å². The lowest BCUT2D eigenvalue weighted by Crippen LogP contribution is -2.49. The number of nitrogens with zero attached hydrogens (tertiary/aromatic N) is 4. The zero-order valence-electron chi connectivity index (χ0n) is 19.8. The van der Waals surface area contributed by atoms with Crippen LogP contribution in [0.3, 0.4) is 0 Å². The van der Waals surface area contributed by atoms with E-state index < -0.39 is 21.1 Å². The van der Waals surface area contributed by atoms with Gasteiger partial charge in [-0.05, 0) is 38.0 Å². The lowest BCUT2D eigenvalue weighted by Gasteiger charge is -2.33. The molecular weight excluding hydrogens is 490 g/mol. The monoisotopic (exact) mass is 517 g/mol. The van der Waals surface area contributed by atoms with Crippen molar-refractivity contribution in [2.45, 2.75) is 50.0 Å². The van der Waals surface area contributed by atoms with Crippen LogP contribution in [-0.2, 0) is 14.8 Å². The Labute approximate surface area is 207 Å². The second-order valence-electron chi connectivity index (χ2n) is 8.98. The van der Waals surface area contributed by atoms with E-state index in [4.69, 9.17) is 0 Å². The first-order valence-electron chi connectivity index (χ1n) is 11.2. The van der Waals surface area contributed by atoms with Crippen LogP contribution in [-0.4, -0.2) is 62.9 Å². The van der Waals surface area contributed by atoms with Crippen molar-refractivity contribution >= 4 is 44.4 Å². The highest BCUT2D eigenvalue weighted by molar-refractivity contribution is 7.99. The average Bonchev–Trinajstić information content (AvgIpc) is 3.38. The molecule has 1 amide bonds. The van der Waals surface area contributed by atoms with Crippen molar-refractivity contribution in [2.75, 3.05) is 12.3 Å². The van der Waals surface area contributed by atoms with E-state index in [0.717, 1.165) is 5.56 Å². The van der Waals surface area contributed by atoms with Gasteiger partial charge in [0.25, 0.3) is 5.69 Å². The molecule has 2 atom stereocenters. The molecule has 1 saturated heterocycles. The number of thioether (sulfide) groups is 1. The van der Waals surface area contributed by atoms with E-state index in [1.807, 2.05) is 27.7 Å². The summed E-state index contributed by atoms with van der Waals surface area (Å²) in [7, 11) is -3.79. The highest BCUT2D eigenvalue weighted by Gasteiger charge is 2.47. The number of aryl methyl sites for hydroxylation is 1. The number of aromatic amines is 1. The minimum absolute atomic E-state index is 0.0469. The number of nitro groups is 1. The molecule has 0 radical (unpaired) electrons. The number of carbonyl (C=O) groups is 1. The molecule has 3 aromatic rings. The van der Waals surface area contributed by atoms with Gasteiger partial charge in [-0.2, -0.15) is 4.31 Å². The van der Waals surface area contributed by atoms with E-state index in [0.29, 0.717) is 16.2 Å². The van der Waals surface area contributed by atoms with Crippen LogP contribution in [0.2, 0.25) is 0 Å². The van der Waals surface area contributed by atoms with Crippen molar-refractivity contribution < 1.29 is 18.1 Å². The Kier molecular flexibility index (Phi) is 6.89. The number of carbonyl (C=O) groups excluding carboxylic acids is 1. The van der Waals surface area contributed by atoms with Crippen LogP contribution in [0.4, 0.5) is 5.69 Å². The maximum absolute atomic E-state index is 13.4. The van der Waals surface area contributed by atoms with E-state index in [9.17, 15) is 23.3 Å². The van der Waals surface area contributed by atoms with Crippen LogP contribution in [0.25, 0.3) is 11.0 Å². The summed E-state index contributed by atoms with van der Waals surface area (Å²) >= 11 is 1.18. The molecule has 1 fully saturated rings. The van der Waals surface area contributed by atoms with Gasteiger partial charge in [0.15, 0.2) is 5.16 Å². The SMILES string of the molecule is Cc1ccc(S(=O)(=O)N2CC(C)N(C(=O)CSc3nc4ccc([N+](=O)[O-])cc4[nH]3)C2C(C)C)cc1. The number of amides is 1. The molecule has 4 rings (SSSR count). The molecule has 0 aliphatic carbocycles. The van der Waals surface area contributed by atoms with Crippen LogP contribution in [0.5, 0.6) is 0 Å². The van der Waals surface area contributed by atoms with Crippen LogP contribution in [0.15, 0.2) is 52.5 Å². The van der Waals surface area contributed by atoms with Gasteiger partial charge in [-0.3, -0.25) is 14.9 Å². The van der Waals surface area contributed by atoms with Gasteiger partial charge in [0.1, 0.15) is 6.17 Å². The average molecular weight is 518 g/mol. The standard InChI is InChI=1S/C23H27N5O5S2/c1-14(2)22-26(35(32,33)18-8-5-15(3)6-9-18)12-16(4)27(22)21(29)13-34-23-24-19-10-7-17(28(30)31)11-20(19)25-23/h5-11,14,16,22H,12-13H2,1-4H3,(H,24,25). The first-order valence-corrected chi connectivity index (χ1v) is 13.6. The summed E-state index contributed by atoms with van der Waals surface area (Å²) in [5.41, 5.74) is 2.00. The van der Waals surface area contributed by atoms with Crippen LogP contribution in [0, 0.1) is 23.0 Å². The number of rotatable bonds is 7. The Hall–Kier alpha value is -2.96. The molecule has 10 nitrogen and oxygen atoms in total. The lowest BCUT2D eigenvalue weighted by atomic mass is 10.1. The molecule has 1 aliphatic rings. The first-order chi connectivity index (χ1) is 16.5. The van der Waals surface area contributed by atoms with Gasteiger partial charge in [0.2, 0.25) is 15.9 Å². The van der Waals surface area contributed by atoms with Crippen molar-refractivity contribution in [3.05, 3.63) is 58.1 Å². The molecule has 0 saturated carbocycles. The van der Waals surface area contributed by atoms with Crippen LogP contribution < -0.4 is 0 Å². The summed E-state index contributed by atoms with van der Waals surface area (Å²) in [6, 6.07) is 10.8. The van der Waals surface area contributed by atoms with Gasteiger partial charge in [0, 0.05) is 24.7 Å². The number of non-ortho nitro benzene ring substituents is 1. The Morgan fingerprint density at radius 1 is 1.26 bits per heavy atom. The number of nitro benzene ring substituents is 1. The van der Waals surface area contributed by atoms with Gasteiger partial charge >= 0.3 is 0 Å². The molecule has 0 spiro atoms. The summed E-state index contributed by atoms with van der Waals surface area (Å²) in [5.74, 6) is -0.274. The third-order valence-corrected chi connectivity index (χ3v) is 8.71. The molecule has 2 heterocycles. The Morgan fingerprint density at radius 3 is 2.57 bits per heavy atom. The van der Waals surface area contributed by atoms with E-state index in [1.54, 1.807) is 35.2 Å².